The highest BCUT2D eigenvalue weighted by Gasteiger charge is 2.04. The molecule has 0 radical (unpaired) electrons. The van der Waals surface area contributed by atoms with Gasteiger partial charge in [-0.3, -0.25) is 0 Å². The molecule has 4 N–H and O–H groups in total. The molecule has 4 heteroatoms. The van der Waals surface area contributed by atoms with E-state index in [9.17, 15) is 0 Å². The first-order chi connectivity index (χ1) is 6.67. The number of rotatable bonds is 4. The Kier molecular flexibility index (Phi) is 3.59. The van der Waals surface area contributed by atoms with Crippen LogP contribution in [0.5, 0.6) is 5.75 Å². The number of aliphatic hydroxyl groups is 1. The fraction of sp³-hybridized carbons (Fsp3) is 0.400. The van der Waals surface area contributed by atoms with Crippen molar-refractivity contribution in [1.29, 1.82) is 0 Å². The van der Waals surface area contributed by atoms with Gasteiger partial charge in [0.15, 0.2) is 0 Å². The number of methoxy groups -OCH3 is 1. The van der Waals surface area contributed by atoms with E-state index in [1.807, 2.05) is 13.0 Å². The van der Waals surface area contributed by atoms with Crippen LogP contribution in [0.15, 0.2) is 18.2 Å². The molecule has 1 unspecified atom stereocenters. The van der Waals surface area contributed by atoms with Crippen molar-refractivity contribution >= 4 is 11.4 Å². The molecule has 0 fully saturated rings. The third-order valence-electron chi connectivity index (χ3n) is 1.94. The van der Waals surface area contributed by atoms with Gasteiger partial charge in [0.2, 0.25) is 0 Å². The summed E-state index contributed by atoms with van der Waals surface area (Å²) in [5.41, 5.74) is 7.18. The molecule has 0 aliphatic rings. The van der Waals surface area contributed by atoms with Crippen LogP contribution in [-0.4, -0.2) is 24.9 Å². The normalized spacial score (nSPS) is 12.2. The molecule has 14 heavy (non-hydrogen) atoms. The first-order valence-corrected chi connectivity index (χ1v) is 4.48. The number of anilines is 2. The second kappa shape index (κ2) is 4.72. The number of ether oxygens (including phenoxy) is 1. The van der Waals surface area contributed by atoms with Gasteiger partial charge in [0.1, 0.15) is 5.75 Å². The standard InChI is InChI=1S/C10H16N2O2/c1-7(6-13)12-10-5-8(14-2)3-4-9(10)11/h3-5,7,12-13H,6,11H2,1-2H3. The van der Waals surface area contributed by atoms with E-state index in [1.165, 1.54) is 0 Å². The van der Waals surface area contributed by atoms with Crippen molar-refractivity contribution in [3.63, 3.8) is 0 Å². The highest BCUT2D eigenvalue weighted by molar-refractivity contribution is 5.68. The summed E-state index contributed by atoms with van der Waals surface area (Å²) in [6.07, 6.45) is 0. The largest absolute Gasteiger partial charge is 0.497 e. The minimum absolute atomic E-state index is 0.0237. The lowest BCUT2D eigenvalue weighted by molar-refractivity contribution is 0.281. The molecule has 0 aliphatic heterocycles. The molecular formula is C10H16N2O2. The van der Waals surface area contributed by atoms with Crippen LogP contribution < -0.4 is 15.8 Å². The third-order valence-corrected chi connectivity index (χ3v) is 1.94. The fourth-order valence-corrected chi connectivity index (χ4v) is 1.10. The maximum Gasteiger partial charge on any atom is 0.121 e. The first-order valence-electron chi connectivity index (χ1n) is 4.48. The summed E-state index contributed by atoms with van der Waals surface area (Å²) in [5, 5.41) is 12.0. The summed E-state index contributed by atoms with van der Waals surface area (Å²) < 4.78 is 5.07. The predicted octanol–water partition coefficient (Wildman–Crippen LogP) is 1.07. The molecule has 0 spiro atoms. The lowest BCUT2D eigenvalue weighted by Gasteiger charge is -2.15. The number of nitrogen functional groups attached to an aromatic ring is 1. The van der Waals surface area contributed by atoms with E-state index < -0.39 is 0 Å². The maximum absolute atomic E-state index is 8.88. The van der Waals surface area contributed by atoms with Crippen molar-refractivity contribution in [2.45, 2.75) is 13.0 Å². The highest BCUT2D eigenvalue weighted by atomic mass is 16.5. The van der Waals surface area contributed by atoms with E-state index >= 15 is 0 Å². The molecule has 0 amide bonds. The molecule has 4 nitrogen and oxygen atoms in total. The first kappa shape index (κ1) is 10.7. The molecule has 78 valence electrons. The van der Waals surface area contributed by atoms with Crippen LogP contribution in [0.1, 0.15) is 6.92 Å². The van der Waals surface area contributed by atoms with E-state index in [2.05, 4.69) is 5.32 Å². The summed E-state index contributed by atoms with van der Waals surface area (Å²) in [7, 11) is 1.60. The Morgan fingerprint density at radius 3 is 2.86 bits per heavy atom. The Bertz CT molecular complexity index is 302. The van der Waals surface area contributed by atoms with Crippen molar-refractivity contribution in [3.8, 4) is 5.75 Å². The quantitative estimate of drug-likeness (QED) is 0.630. The lowest BCUT2D eigenvalue weighted by atomic mass is 10.2. The van der Waals surface area contributed by atoms with Gasteiger partial charge in [-0.1, -0.05) is 0 Å². The molecule has 0 aromatic heterocycles. The molecule has 0 bridgehead atoms. The summed E-state index contributed by atoms with van der Waals surface area (Å²) in [4.78, 5) is 0. The van der Waals surface area contributed by atoms with Crippen molar-refractivity contribution < 1.29 is 9.84 Å². The number of hydrogen-bond donors (Lipinski definition) is 3. The summed E-state index contributed by atoms with van der Waals surface area (Å²) in [5.74, 6) is 0.742. The van der Waals surface area contributed by atoms with E-state index in [-0.39, 0.29) is 12.6 Å². The average molecular weight is 196 g/mol. The second-order valence-electron chi connectivity index (χ2n) is 3.18. The van der Waals surface area contributed by atoms with Crippen LogP contribution in [0, 0.1) is 0 Å². The zero-order valence-electron chi connectivity index (χ0n) is 8.45. The molecule has 0 aliphatic carbocycles. The minimum Gasteiger partial charge on any atom is -0.497 e. The summed E-state index contributed by atoms with van der Waals surface area (Å²) >= 11 is 0. The topological polar surface area (TPSA) is 67.5 Å². The zero-order chi connectivity index (χ0) is 10.6. The number of aliphatic hydroxyl groups excluding tert-OH is 1. The van der Waals surface area contributed by atoms with Gasteiger partial charge in [-0.25, -0.2) is 0 Å². The number of benzene rings is 1. The van der Waals surface area contributed by atoms with Gasteiger partial charge >= 0.3 is 0 Å². The van der Waals surface area contributed by atoms with Gasteiger partial charge in [0.25, 0.3) is 0 Å². The van der Waals surface area contributed by atoms with E-state index in [0.29, 0.717) is 5.69 Å². The van der Waals surface area contributed by atoms with E-state index in [4.69, 9.17) is 15.6 Å². The number of hydrogen-bond acceptors (Lipinski definition) is 4. The summed E-state index contributed by atoms with van der Waals surface area (Å²) in [6.45, 7) is 1.94. The van der Waals surface area contributed by atoms with E-state index in [1.54, 1.807) is 19.2 Å². The maximum atomic E-state index is 8.88. The van der Waals surface area contributed by atoms with E-state index in [0.717, 1.165) is 11.4 Å². The van der Waals surface area contributed by atoms with Crippen molar-refractivity contribution in [2.75, 3.05) is 24.8 Å². The molecular weight excluding hydrogens is 180 g/mol. The molecule has 1 rings (SSSR count). The monoisotopic (exact) mass is 196 g/mol. The van der Waals surface area contributed by atoms with Gasteiger partial charge < -0.3 is 20.9 Å². The van der Waals surface area contributed by atoms with Crippen LogP contribution in [-0.2, 0) is 0 Å². The van der Waals surface area contributed by atoms with Crippen LogP contribution in [0.4, 0.5) is 11.4 Å². The highest BCUT2D eigenvalue weighted by Crippen LogP contribution is 2.24. The lowest BCUT2D eigenvalue weighted by Crippen LogP contribution is -2.20. The van der Waals surface area contributed by atoms with Gasteiger partial charge in [0.05, 0.1) is 25.1 Å². The predicted molar refractivity (Wildman–Crippen MR) is 57.6 cm³/mol. The number of nitrogens with one attached hydrogen (secondary N) is 1. The average Bonchev–Trinajstić information content (AvgIpc) is 2.21. The fourth-order valence-electron chi connectivity index (χ4n) is 1.10. The van der Waals surface area contributed by atoms with Crippen LogP contribution >= 0.6 is 0 Å². The van der Waals surface area contributed by atoms with Crippen molar-refractivity contribution in [2.24, 2.45) is 0 Å². The Hall–Kier alpha value is -1.42. The molecule has 1 atom stereocenters. The van der Waals surface area contributed by atoms with Gasteiger partial charge in [0, 0.05) is 12.1 Å². The van der Waals surface area contributed by atoms with Crippen LogP contribution in [0.3, 0.4) is 0 Å². The Morgan fingerprint density at radius 1 is 1.57 bits per heavy atom. The van der Waals surface area contributed by atoms with Gasteiger partial charge in [-0.2, -0.15) is 0 Å². The van der Waals surface area contributed by atoms with Crippen LogP contribution in [0.2, 0.25) is 0 Å². The minimum atomic E-state index is -0.0237. The molecule has 1 aromatic rings. The van der Waals surface area contributed by atoms with Gasteiger partial charge in [-0.05, 0) is 19.1 Å². The zero-order valence-corrected chi connectivity index (χ0v) is 8.45. The Balaban J connectivity index is 2.83. The molecule has 0 saturated carbocycles. The molecule has 1 aromatic carbocycles. The molecule has 0 heterocycles. The number of nitrogens with two attached hydrogens (primary N) is 1. The third kappa shape index (κ3) is 2.53. The SMILES string of the molecule is COc1ccc(N)c(NC(C)CO)c1. The smallest absolute Gasteiger partial charge is 0.121 e. The molecule has 0 saturated heterocycles. The van der Waals surface area contributed by atoms with Gasteiger partial charge in [-0.15, -0.1) is 0 Å². The van der Waals surface area contributed by atoms with Crippen LogP contribution in [0.25, 0.3) is 0 Å². The second-order valence-corrected chi connectivity index (χ2v) is 3.18. The van der Waals surface area contributed by atoms with Crippen molar-refractivity contribution in [3.05, 3.63) is 18.2 Å². The Morgan fingerprint density at radius 2 is 2.29 bits per heavy atom. The summed E-state index contributed by atoms with van der Waals surface area (Å²) in [6, 6.07) is 5.35. The Labute approximate surface area is 83.7 Å². The van der Waals surface area contributed by atoms with Crippen molar-refractivity contribution in [1.82, 2.24) is 0 Å².